The summed E-state index contributed by atoms with van der Waals surface area (Å²) >= 11 is 0. The van der Waals surface area contributed by atoms with E-state index >= 15 is 0 Å². The van der Waals surface area contributed by atoms with Crippen molar-refractivity contribution >= 4 is 115 Å². The number of fused-ring (bicyclic) bond motifs is 9. The Hall–Kier alpha value is -15.3. The van der Waals surface area contributed by atoms with E-state index in [1.54, 1.807) is 43.6 Å². The number of aryl methyl sites for hydroxylation is 1. The molecule has 0 N–H and O–H groups in total. The number of anilines is 20. The van der Waals surface area contributed by atoms with E-state index in [1.807, 2.05) is 493 Å². The van der Waals surface area contributed by atoms with E-state index in [1.165, 1.54) is 11.3 Å². The first-order chi connectivity index (χ1) is 69.2. The summed E-state index contributed by atoms with van der Waals surface area (Å²) < 4.78 is 0. The van der Waals surface area contributed by atoms with Crippen LogP contribution in [-0.4, -0.2) is 137 Å². The Kier molecular flexibility index (Phi) is 37.2. The molecule has 0 saturated carbocycles. The van der Waals surface area contributed by atoms with Crippen LogP contribution in [0, 0.1) is 109 Å². The van der Waals surface area contributed by atoms with Gasteiger partial charge in [0, 0.05) is 148 Å². The molecule has 0 bridgehead atoms. The first kappa shape index (κ1) is 106. The fourth-order valence-electron chi connectivity index (χ4n) is 15.9. The Morgan fingerprint density at radius 2 is 0.648 bits per heavy atom. The minimum atomic E-state index is 0. The molecule has 26 rings (SSSR count). The molecule has 0 spiro atoms. The van der Waals surface area contributed by atoms with Crippen LogP contribution < -0.4 is 68.6 Å². The van der Waals surface area contributed by atoms with Gasteiger partial charge in [0.05, 0.1) is 30.0 Å². The number of aromatic nitrogens is 11. The van der Waals surface area contributed by atoms with Crippen molar-refractivity contribution < 1.29 is 80.4 Å². The van der Waals surface area contributed by atoms with Gasteiger partial charge in [-0.2, -0.15) is 283 Å². The van der Waals surface area contributed by atoms with Gasteiger partial charge in [0.25, 0.3) is 0 Å². The molecule has 33 heteroatoms. The molecule has 16 heterocycles. The Morgan fingerprint density at radius 1 is 0.276 bits per heavy atom. The third kappa shape index (κ3) is 25.7. The summed E-state index contributed by atoms with van der Waals surface area (Å²) in [6, 6.07) is 109. The number of likely N-dealkylation sites (N-methyl/N-ethyl adjacent to an activating group) is 1. The molecule has 10 aliphatic heterocycles. The standard InChI is InChI=1S/C19H17N5.C17H12N4.3C12H10N4.4C10H10N2.4Ir/c1-12-10-20-8-7-14(12)18-21-11-16-19(22-18)23(2)17-9-13-5-3-4-6-15(13)24(16)17;1-3-7-14(8-4-1)20-13-21(15-9-5-2-6-10-15)17-16(20)18-11-12-19-17;1-15-9-16(10-5-3-2-4-6-10)11-7-13-8-14-12(11)15;1-15-9-16(10-5-3-2-4-6-10)12-11(15)7-13-8-14-12;1-15-9-16(10-5-3-2-4-6-10)12-11(15)13-7-8-14-12;4*1-11-7-8-12(9-11)10-5-3-2-4-6-10;;;;/h3-8,10-11,17H,9H2,1-2H3;1-9,11-13H;3*2-5,7-9H,1H3;4*2-5,7-9H,1H3;;;;/q;8*-2;;;;. The molecule has 1 unspecified atom stereocenters. The number of benzene rings is 10. The van der Waals surface area contributed by atoms with Gasteiger partial charge >= 0.3 is 0 Å². The van der Waals surface area contributed by atoms with Crippen molar-refractivity contribution in [3.05, 3.63) is 486 Å². The van der Waals surface area contributed by atoms with Gasteiger partial charge in [0.2, 0.25) is 0 Å². The van der Waals surface area contributed by atoms with Crippen LogP contribution in [-0.2, 0) is 86.8 Å². The molecule has 10 aromatic carbocycles. The van der Waals surface area contributed by atoms with Gasteiger partial charge in [-0.15, -0.1) is 58.8 Å². The van der Waals surface area contributed by atoms with Crippen LogP contribution in [0.2, 0.25) is 0 Å². The summed E-state index contributed by atoms with van der Waals surface area (Å²) in [6.07, 6.45) is 36.5. The van der Waals surface area contributed by atoms with Gasteiger partial charge in [-0.25, -0.2) is 49.8 Å². The molecule has 10 aliphatic rings. The molecular formula is C112H99Ir4N29-16. The van der Waals surface area contributed by atoms with Gasteiger partial charge < -0.3 is 88.2 Å². The summed E-state index contributed by atoms with van der Waals surface area (Å²) in [4.78, 5) is 84.5. The van der Waals surface area contributed by atoms with Crippen LogP contribution in [0.15, 0.2) is 373 Å². The van der Waals surface area contributed by atoms with Crippen molar-refractivity contribution in [2.24, 2.45) is 0 Å². The zero-order chi connectivity index (χ0) is 96.8. The normalized spacial score (nSPS) is 14.7. The third-order valence-corrected chi connectivity index (χ3v) is 22.8. The van der Waals surface area contributed by atoms with Crippen molar-refractivity contribution in [3.63, 3.8) is 0 Å². The minimum absolute atomic E-state index is 0. The maximum Gasteiger partial charge on any atom is 0.162 e. The van der Waals surface area contributed by atoms with Crippen LogP contribution in [0.25, 0.3) is 11.4 Å². The van der Waals surface area contributed by atoms with Gasteiger partial charge in [0.1, 0.15) is 59.4 Å². The Morgan fingerprint density at radius 3 is 1.09 bits per heavy atom. The quantitative estimate of drug-likeness (QED) is 0.117. The van der Waals surface area contributed by atoms with Gasteiger partial charge in [0.15, 0.2) is 11.6 Å². The van der Waals surface area contributed by atoms with Crippen molar-refractivity contribution in [1.82, 2.24) is 74.4 Å². The van der Waals surface area contributed by atoms with Crippen molar-refractivity contribution in [2.75, 3.05) is 125 Å². The molecule has 0 amide bonds. The van der Waals surface area contributed by atoms with Crippen molar-refractivity contribution in [3.8, 4) is 11.4 Å². The Balaban J connectivity index is 0.000000130. The summed E-state index contributed by atoms with van der Waals surface area (Å²) in [7, 11) is 16.0. The topological polar surface area (TPSA) is 200 Å². The van der Waals surface area contributed by atoms with E-state index in [2.05, 4.69) is 139 Å². The number of rotatable bonds is 10. The molecule has 16 aromatic rings. The van der Waals surface area contributed by atoms with Crippen LogP contribution in [0.4, 0.5) is 115 Å². The molecule has 0 saturated heterocycles. The van der Waals surface area contributed by atoms with E-state index in [-0.39, 0.29) is 80.4 Å². The van der Waals surface area contributed by atoms with Crippen LogP contribution in [0.5, 0.6) is 0 Å². The van der Waals surface area contributed by atoms with E-state index in [9.17, 15) is 0 Å². The molecule has 6 aromatic heterocycles. The number of para-hydroxylation sites is 10. The van der Waals surface area contributed by atoms with E-state index in [4.69, 9.17) is 4.98 Å². The van der Waals surface area contributed by atoms with E-state index in [0.717, 1.165) is 132 Å². The fraction of sp³-hybridized carbons (Fsp3) is 0.0982. The summed E-state index contributed by atoms with van der Waals surface area (Å²) in [5, 5.41) is 0. The van der Waals surface area contributed by atoms with E-state index in [0.29, 0.717) is 6.17 Å². The maximum absolute atomic E-state index is 4.87. The molecule has 744 valence electrons. The van der Waals surface area contributed by atoms with Crippen LogP contribution in [0.3, 0.4) is 0 Å². The Labute approximate surface area is 903 Å². The first-order valence-electron chi connectivity index (χ1n) is 45.3. The monoisotopic (exact) mass is 2620 g/mol. The molecular weight excluding hydrogens is 2520 g/mol. The molecule has 145 heavy (non-hydrogen) atoms. The summed E-state index contributed by atoms with van der Waals surface area (Å²) in [6.45, 7) is 18.0. The smallest absolute Gasteiger partial charge is 0.162 e. The maximum atomic E-state index is 4.87. The summed E-state index contributed by atoms with van der Waals surface area (Å²) in [5.74, 6) is 6.88. The van der Waals surface area contributed by atoms with Crippen LogP contribution >= 0.6 is 0 Å². The number of pyridine rings is 1. The zero-order valence-electron chi connectivity index (χ0n) is 80.4. The number of nitrogens with zero attached hydrogens (tertiary/aromatic N) is 29. The van der Waals surface area contributed by atoms with Gasteiger partial charge in [-0.1, -0.05) is 36.4 Å². The zero-order valence-corrected chi connectivity index (χ0v) is 90.0. The minimum Gasteiger partial charge on any atom is -0.510 e. The van der Waals surface area contributed by atoms with Gasteiger partial charge in [-0.05, 0) is 141 Å². The van der Waals surface area contributed by atoms with Crippen molar-refractivity contribution in [1.29, 1.82) is 0 Å². The molecule has 0 fully saturated rings. The first-order valence-corrected chi connectivity index (χ1v) is 45.3. The van der Waals surface area contributed by atoms with Crippen molar-refractivity contribution in [2.45, 2.75) is 19.5 Å². The molecule has 4 radical (unpaired) electrons. The average molecular weight is 2620 g/mol. The number of hydrogen-bond acceptors (Lipinski definition) is 29. The average Bonchev–Trinajstić information content (AvgIpc) is 1.57. The van der Waals surface area contributed by atoms with Gasteiger partial charge in [-0.3, -0.25) is 4.98 Å². The van der Waals surface area contributed by atoms with E-state index < -0.39 is 0 Å². The predicted molar refractivity (Wildman–Crippen MR) is 559 cm³/mol. The molecule has 0 aliphatic carbocycles. The number of hydrogen-bond donors (Lipinski definition) is 0. The second kappa shape index (κ2) is 51.1. The fourth-order valence-corrected chi connectivity index (χ4v) is 15.9. The predicted octanol–water partition coefficient (Wildman–Crippen LogP) is 20.3. The second-order valence-corrected chi connectivity index (χ2v) is 32.7. The molecule has 29 nitrogen and oxygen atoms in total. The second-order valence-electron chi connectivity index (χ2n) is 32.7. The molecule has 1 atom stereocenters. The summed E-state index contributed by atoms with van der Waals surface area (Å²) in [5.41, 5.74) is 17.0. The van der Waals surface area contributed by atoms with Crippen LogP contribution in [0.1, 0.15) is 11.1 Å². The third-order valence-electron chi connectivity index (χ3n) is 22.8. The largest absolute Gasteiger partial charge is 0.510 e. The Bertz CT molecular complexity index is 6320. The SMILES string of the molecule is CN1C=CN(c2[c-]cccc2)[CH-]1.CN1C=CN(c2[c-]cccc2)[CH-]1.CN1C=CN(c2[c-]cccc2)[CH-]1.CN1C=CN(c2[c-]cccc2)[CH-]1.CN1[CH-]N(c2[c-]cccc2)c2cncnc21.CN1[CH-]N(c2[c-]cccc2)c2nccnc21.CN1[CH-]N(c2[c-]cccc2)c2ncncc21.Cc1cnccc1-c1ncc2c(n1)N(C)C1Cc3ccccc3N21.[Ir].[Ir].[Ir].[Ir].[c-]1ccccc1N1[CH-]N(c2ccccc2)c2nccnc21.